The van der Waals surface area contributed by atoms with Gasteiger partial charge in [0, 0.05) is 13.1 Å². The molecule has 0 amide bonds. The van der Waals surface area contributed by atoms with Gasteiger partial charge in [0.25, 0.3) is 0 Å². The molecule has 0 saturated heterocycles. The van der Waals surface area contributed by atoms with Gasteiger partial charge in [-0.05, 0) is 42.2 Å². The summed E-state index contributed by atoms with van der Waals surface area (Å²) in [6, 6.07) is 16.9. The molecular formula is C18H23NO. The fraction of sp³-hybridized carbons (Fsp3) is 0.333. The Bertz CT molecular complexity index is 519. The molecule has 0 fully saturated rings. The normalized spacial score (nSPS) is 10.5. The van der Waals surface area contributed by atoms with E-state index in [0.717, 1.165) is 25.3 Å². The van der Waals surface area contributed by atoms with E-state index < -0.39 is 0 Å². The molecule has 2 heteroatoms. The molecule has 2 nitrogen and oxygen atoms in total. The highest BCUT2D eigenvalue weighted by Gasteiger charge is 2.00. The van der Waals surface area contributed by atoms with Gasteiger partial charge in [0.15, 0.2) is 0 Å². The van der Waals surface area contributed by atoms with Crippen LogP contribution in [0, 0.1) is 0 Å². The van der Waals surface area contributed by atoms with Crippen LogP contribution < -0.4 is 10.1 Å². The third-order valence-corrected chi connectivity index (χ3v) is 3.38. The minimum atomic E-state index is 0.714. The van der Waals surface area contributed by atoms with Gasteiger partial charge in [0.2, 0.25) is 0 Å². The quantitative estimate of drug-likeness (QED) is 0.822. The Morgan fingerprint density at radius 3 is 2.20 bits per heavy atom. The van der Waals surface area contributed by atoms with Gasteiger partial charge in [0.05, 0.1) is 6.61 Å². The number of ether oxygens (including phenoxy) is 1. The third kappa shape index (κ3) is 4.10. The van der Waals surface area contributed by atoms with E-state index in [0.29, 0.717) is 6.61 Å². The summed E-state index contributed by atoms with van der Waals surface area (Å²) in [6.07, 6.45) is 1.08. The molecule has 0 radical (unpaired) electrons. The SMILES string of the molecule is CCOc1ccc(CNCc2ccccc2CC)cc1. The number of hydrogen-bond donors (Lipinski definition) is 1. The number of benzene rings is 2. The van der Waals surface area contributed by atoms with Crippen molar-refractivity contribution in [2.24, 2.45) is 0 Å². The number of aryl methyl sites for hydroxylation is 1. The lowest BCUT2D eigenvalue weighted by atomic mass is 10.1. The van der Waals surface area contributed by atoms with Crippen LogP contribution in [0.15, 0.2) is 48.5 Å². The summed E-state index contributed by atoms with van der Waals surface area (Å²) < 4.78 is 5.44. The van der Waals surface area contributed by atoms with E-state index in [4.69, 9.17) is 4.74 Å². The fourth-order valence-corrected chi connectivity index (χ4v) is 2.29. The average molecular weight is 269 g/mol. The topological polar surface area (TPSA) is 21.3 Å². The second-order valence-corrected chi connectivity index (χ2v) is 4.80. The maximum absolute atomic E-state index is 5.44. The lowest BCUT2D eigenvalue weighted by Gasteiger charge is -2.10. The van der Waals surface area contributed by atoms with Crippen molar-refractivity contribution in [1.29, 1.82) is 0 Å². The molecule has 1 N–H and O–H groups in total. The maximum atomic E-state index is 5.44. The third-order valence-electron chi connectivity index (χ3n) is 3.38. The largest absolute Gasteiger partial charge is 0.494 e. The van der Waals surface area contributed by atoms with Crippen LogP contribution in [-0.4, -0.2) is 6.61 Å². The van der Waals surface area contributed by atoms with Crippen molar-refractivity contribution in [1.82, 2.24) is 5.32 Å². The van der Waals surface area contributed by atoms with Crippen LogP contribution in [0.25, 0.3) is 0 Å². The average Bonchev–Trinajstić information content (AvgIpc) is 2.50. The molecule has 20 heavy (non-hydrogen) atoms. The molecule has 0 saturated carbocycles. The maximum Gasteiger partial charge on any atom is 0.119 e. The molecule has 0 aliphatic heterocycles. The minimum absolute atomic E-state index is 0.714. The predicted molar refractivity (Wildman–Crippen MR) is 84.0 cm³/mol. The van der Waals surface area contributed by atoms with Crippen LogP contribution >= 0.6 is 0 Å². The standard InChI is InChI=1S/C18H23NO/c1-3-16-7-5-6-8-17(16)14-19-13-15-9-11-18(12-10-15)20-4-2/h5-12,19H,3-4,13-14H2,1-2H3. The first-order valence-electron chi connectivity index (χ1n) is 7.32. The van der Waals surface area contributed by atoms with Gasteiger partial charge in [0.1, 0.15) is 5.75 Å². The van der Waals surface area contributed by atoms with E-state index in [1.807, 2.05) is 19.1 Å². The van der Waals surface area contributed by atoms with Crippen molar-refractivity contribution in [3.8, 4) is 5.75 Å². The van der Waals surface area contributed by atoms with Crippen molar-refractivity contribution < 1.29 is 4.74 Å². The van der Waals surface area contributed by atoms with Crippen LogP contribution in [0.2, 0.25) is 0 Å². The summed E-state index contributed by atoms with van der Waals surface area (Å²) in [7, 11) is 0. The Kier molecular flexibility index (Phi) is 5.63. The predicted octanol–water partition coefficient (Wildman–Crippen LogP) is 3.94. The molecule has 0 atom stereocenters. The van der Waals surface area contributed by atoms with Gasteiger partial charge >= 0.3 is 0 Å². The van der Waals surface area contributed by atoms with Gasteiger partial charge in [-0.1, -0.05) is 43.3 Å². The zero-order valence-corrected chi connectivity index (χ0v) is 12.4. The van der Waals surface area contributed by atoms with Gasteiger partial charge in [-0.15, -0.1) is 0 Å². The van der Waals surface area contributed by atoms with Crippen LogP contribution in [0.4, 0.5) is 0 Å². The van der Waals surface area contributed by atoms with Crippen molar-refractivity contribution >= 4 is 0 Å². The Hall–Kier alpha value is -1.80. The van der Waals surface area contributed by atoms with E-state index in [1.54, 1.807) is 0 Å². The molecule has 0 bridgehead atoms. The van der Waals surface area contributed by atoms with E-state index in [-0.39, 0.29) is 0 Å². The summed E-state index contributed by atoms with van der Waals surface area (Å²) in [5.41, 5.74) is 4.09. The summed E-state index contributed by atoms with van der Waals surface area (Å²) in [5.74, 6) is 0.938. The van der Waals surface area contributed by atoms with Crippen molar-refractivity contribution in [3.63, 3.8) is 0 Å². The second-order valence-electron chi connectivity index (χ2n) is 4.80. The minimum Gasteiger partial charge on any atom is -0.494 e. The molecule has 2 rings (SSSR count). The highest BCUT2D eigenvalue weighted by atomic mass is 16.5. The molecule has 0 aromatic heterocycles. The summed E-state index contributed by atoms with van der Waals surface area (Å²) in [6.45, 7) is 6.71. The second kappa shape index (κ2) is 7.71. The fourth-order valence-electron chi connectivity index (χ4n) is 2.29. The molecule has 0 aliphatic carbocycles. The first-order valence-corrected chi connectivity index (χ1v) is 7.32. The van der Waals surface area contributed by atoms with Gasteiger partial charge in [-0.3, -0.25) is 0 Å². The summed E-state index contributed by atoms with van der Waals surface area (Å²) >= 11 is 0. The molecule has 2 aromatic rings. The first-order chi connectivity index (χ1) is 9.83. The van der Waals surface area contributed by atoms with Crippen LogP contribution in [0.1, 0.15) is 30.5 Å². The van der Waals surface area contributed by atoms with Crippen molar-refractivity contribution in [2.45, 2.75) is 33.4 Å². The van der Waals surface area contributed by atoms with Gasteiger partial charge < -0.3 is 10.1 Å². The summed E-state index contributed by atoms with van der Waals surface area (Å²) in [5, 5.41) is 3.50. The Morgan fingerprint density at radius 1 is 0.850 bits per heavy atom. The van der Waals surface area contributed by atoms with Gasteiger partial charge in [-0.25, -0.2) is 0 Å². The zero-order valence-electron chi connectivity index (χ0n) is 12.4. The molecule has 106 valence electrons. The molecule has 2 aromatic carbocycles. The number of rotatable bonds is 7. The number of nitrogens with one attached hydrogen (secondary N) is 1. The monoisotopic (exact) mass is 269 g/mol. The van der Waals surface area contributed by atoms with Crippen LogP contribution in [0.5, 0.6) is 5.75 Å². The smallest absolute Gasteiger partial charge is 0.119 e. The van der Waals surface area contributed by atoms with E-state index in [9.17, 15) is 0 Å². The highest BCUT2D eigenvalue weighted by Crippen LogP contribution is 2.13. The van der Waals surface area contributed by atoms with Crippen LogP contribution in [0.3, 0.4) is 0 Å². The van der Waals surface area contributed by atoms with E-state index in [2.05, 4.69) is 48.6 Å². The highest BCUT2D eigenvalue weighted by molar-refractivity contribution is 5.28. The molecule has 0 heterocycles. The zero-order chi connectivity index (χ0) is 14.2. The first kappa shape index (κ1) is 14.6. The number of hydrogen-bond acceptors (Lipinski definition) is 2. The lowest BCUT2D eigenvalue weighted by molar-refractivity contribution is 0.340. The van der Waals surface area contributed by atoms with Crippen molar-refractivity contribution in [3.05, 3.63) is 65.2 Å². The molecule has 0 spiro atoms. The Morgan fingerprint density at radius 2 is 1.55 bits per heavy atom. The van der Waals surface area contributed by atoms with Crippen LogP contribution in [-0.2, 0) is 19.5 Å². The van der Waals surface area contributed by atoms with E-state index >= 15 is 0 Å². The Labute approximate surface area is 121 Å². The molecule has 0 aliphatic rings. The van der Waals surface area contributed by atoms with Crippen molar-refractivity contribution in [2.75, 3.05) is 6.61 Å². The molecule has 0 unspecified atom stereocenters. The van der Waals surface area contributed by atoms with Gasteiger partial charge in [-0.2, -0.15) is 0 Å². The van der Waals surface area contributed by atoms with E-state index in [1.165, 1.54) is 16.7 Å². The molecular weight excluding hydrogens is 246 g/mol. The lowest BCUT2D eigenvalue weighted by Crippen LogP contribution is -2.13. The summed E-state index contributed by atoms with van der Waals surface area (Å²) in [4.78, 5) is 0. The Balaban J connectivity index is 1.86.